The molecule has 0 N–H and O–H groups in total. The molecule has 4 aromatic rings. The fourth-order valence-electron chi connectivity index (χ4n) is 5.52. The van der Waals surface area contributed by atoms with Crippen LogP contribution < -0.4 is 9.47 Å². The molecule has 240 valence electrons. The first-order valence-corrected chi connectivity index (χ1v) is 15.3. The van der Waals surface area contributed by atoms with E-state index in [1.54, 1.807) is 31.2 Å². The third-order valence-corrected chi connectivity index (χ3v) is 7.81. The molecule has 0 saturated heterocycles. The van der Waals surface area contributed by atoms with Crippen LogP contribution in [-0.4, -0.2) is 12.7 Å². The van der Waals surface area contributed by atoms with Gasteiger partial charge in [0.05, 0.1) is 0 Å². The van der Waals surface area contributed by atoms with Gasteiger partial charge in [-0.05, 0) is 108 Å². The Hall–Kier alpha value is -3.94. The molecule has 4 aromatic carbocycles. The zero-order valence-electron chi connectivity index (χ0n) is 25.5. The number of aryl methyl sites for hydroxylation is 4. The predicted molar refractivity (Wildman–Crippen MR) is 166 cm³/mol. The van der Waals surface area contributed by atoms with Gasteiger partial charge < -0.3 is 9.47 Å². The molecule has 2 nitrogen and oxygen atoms in total. The standard InChI is InChI=1S/C37H38F6O2/c1-26-24-29(14-22-34(26)32-19-23-35(27(2)25-32)45-37(41,42)43)11-9-7-5-3-4-6-8-10-28-12-15-30(16-13-28)31-17-20-33(21-18-31)44-36(38,39)40/h12-25H,3-11H2,1-2H3. The maximum Gasteiger partial charge on any atom is 0.573 e. The van der Waals surface area contributed by atoms with Gasteiger partial charge in [0.15, 0.2) is 0 Å². The lowest BCUT2D eigenvalue weighted by Crippen LogP contribution is -2.17. The Morgan fingerprint density at radius 3 is 1.49 bits per heavy atom. The second-order valence-electron chi connectivity index (χ2n) is 11.4. The smallest absolute Gasteiger partial charge is 0.406 e. The Morgan fingerprint density at radius 2 is 0.956 bits per heavy atom. The van der Waals surface area contributed by atoms with E-state index in [0.717, 1.165) is 53.5 Å². The number of alkyl halides is 6. The van der Waals surface area contributed by atoms with Crippen LogP contribution in [0, 0.1) is 13.8 Å². The van der Waals surface area contributed by atoms with Crippen LogP contribution in [-0.2, 0) is 12.8 Å². The normalized spacial score (nSPS) is 11.9. The fourth-order valence-corrected chi connectivity index (χ4v) is 5.52. The van der Waals surface area contributed by atoms with E-state index in [1.165, 1.54) is 61.4 Å². The molecule has 0 aromatic heterocycles. The van der Waals surface area contributed by atoms with Crippen LogP contribution >= 0.6 is 0 Å². The molecule has 0 atom stereocenters. The SMILES string of the molecule is Cc1cc(-c2ccc(CCCCCCCCCc3ccc(-c4ccc(OC(F)(F)F)cc4)cc3)cc2C)ccc1OC(F)(F)F. The highest BCUT2D eigenvalue weighted by Gasteiger charge is 2.32. The van der Waals surface area contributed by atoms with Crippen LogP contribution in [0.25, 0.3) is 22.3 Å². The minimum Gasteiger partial charge on any atom is -0.406 e. The van der Waals surface area contributed by atoms with Gasteiger partial charge in [-0.3, -0.25) is 0 Å². The summed E-state index contributed by atoms with van der Waals surface area (Å²) in [5.74, 6) is -0.407. The highest BCUT2D eigenvalue weighted by Crippen LogP contribution is 2.32. The summed E-state index contributed by atoms with van der Waals surface area (Å²) in [5, 5.41) is 0. The maximum atomic E-state index is 12.6. The summed E-state index contributed by atoms with van der Waals surface area (Å²) in [7, 11) is 0. The molecule has 0 amide bonds. The molecule has 4 rings (SSSR count). The largest absolute Gasteiger partial charge is 0.573 e. The van der Waals surface area contributed by atoms with Crippen LogP contribution in [0.15, 0.2) is 84.9 Å². The molecular formula is C37H38F6O2. The fraction of sp³-hybridized carbons (Fsp3) is 0.351. The van der Waals surface area contributed by atoms with Crippen LogP contribution in [0.2, 0.25) is 0 Å². The van der Waals surface area contributed by atoms with Gasteiger partial charge >= 0.3 is 12.7 Å². The summed E-state index contributed by atoms with van der Waals surface area (Å²) in [6.07, 6.45) is 0.784. The van der Waals surface area contributed by atoms with E-state index in [0.29, 0.717) is 5.56 Å². The van der Waals surface area contributed by atoms with Crippen molar-refractivity contribution in [3.8, 4) is 33.8 Å². The second kappa shape index (κ2) is 15.4. The average molecular weight is 629 g/mol. The zero-order valence-corrected chi connectivity index (χ0v) is 25.5. The van der Waals surface area contributed by atoms with E-state index in [1.807, 2.05) is 25.1 Å². The number of rotatable bonds is 14. The molecular weight excluding hydrogens is 590 g/mol. The van der Waals surface area contributed by atoms with E-state index < -0.39 is 12.7 Å². The molecule has 0 unspecified atom stereocenters. The summed E-state index contributed by atoms with van der Waals surface area (Å²) < 4.78 is 82.8. The van der Waals surface area contributed by atoms with Crippen molar-refractivity contribution in [1.29, 1.82) is 0 Å². The number of halogens is 6. The lowest BCUT2D eigenvalue weighted by atomic mass is 9.95. The summed E-state index contributed by atoms with van der Waals surface area (Å²) in [4.78, 5) is 0. The van der Waals surface area contributed by atoms with Gasteiger partial charge in [-0.15, -0.1) is 26.3 Å². The van der Waals surface area contributed by atoms with Crippen molar-refractivity contribution >= 4 is 0 Å². The Kier molecular flexibility index (Phi) is 11.6. The van der Waals surface area contributed by atoms with E-state index in [-0.39, 0.29) is 11.5 Å². The van der Waals surface area contributed by atoms with E-state index >= 15 is 0 Å². The van der Waals surface area contributed by atoms with Gasteiger partial charge in [0.1, 0.15) is 11.5 Å². The van der Waals surface area contributed by atoms with E-state index in [2.05, 4.69) is 33.7 Å². The molecule has 0 fully saturated rings. The van der Waals surface area contributed by atoms with Gasteiger partial charge in [-0.25, -0.2) is 0 Å². The second-order valence-corrected chi connectivity index (χ2v) is 11.4. The van der Waals surface area contributed by atoms with E-state index in [4.69, 9.17) is 0 Å². The Balaban J connectivity index is 1.10. The Morgan fingerprint density at radius 1 is 0.467 bits per heavy atom. The third-order valence-electron chi connectivity index (χ3n) is 7.81. The molecule has 0 radical (unpaired) electrons. The summed E-state index contributed by atoms with van der Waals surface area (Å²) in [6.45, 7) is 3.64. The Labute approximate surface area is 261 Å². The zero-order chi connectivity index (χ0) is 32.5. The summed E-state index contributed by atoms with van der Waals surface area (Å²) in [5.41, 5.74) is 7.72. The molecule has 0 aliphatic carbocycles. The summed E-state index contributed by atoms with van der Waals surface area (Å²) >= 11 is 0. The van der Waals surface area contributed by atoms with Crippen molar-refractivity contribution in [1.82, 2.24) is 0 Å². The molecule has 8 heteroatoms. The van der Waals surface area contributed by atoms with Crippen molar-refractivity contribution < 1.29 is 35.8 Å². The number of hydrogen-bond donors (Lipinski definition) is 0. The highest BCUT2D eigenvalue weighted by atomic mass is 19.4. The molecule has 0 heterocycles. The first kappa shape index (κ1) is 33.9. The lowest BCUT2D eigenvalue weighted by Gasteiger charge is -2.14. The minimum atomic E-state index is -4.71. The number of ether oxygens (including phenoxy) is 2. The van der Waals surface area contributed by atoms with Gasteiger partial charge in [0, 0.05) is 0 Å². The van der Waals surface area contributed by atoms with Gasteiger partial charge in [0.2, 0.25) is 0 Å². The molecule has 45 heavy (non-hydrogen) atoms. The molecule has 0 aliphatic heterocycles. The predicted octanol–water partition coefficient (Wildman–Crippen LogP) is 12.0. The minimum absolute atomic E-state index is 0.179. The number of unbranched alkanes of at least 4 members (excludes halogenated alkanes) is 6. The first-order chi connectivity index (χ1) is 21.4. The van der Waals surface area contributed by atoms with Crippen molar-refractivity contribution in [3.63, 3.8) is 0 Å². The molecule has 0 aliphatic rings. The van der Waals surface area contributed by atoms with Crippen LogP contribution in [0.4, 0.5) is 26.3 Å². The quantitative estimate of drug-likeness (QED) is 0.102. The average Bonchev–Trinajstić information content (AvgIpc) is 2.97. The van der Waals surface area contributed by atoms with Crippen LogP contribution in [0.1, 0.15) is 67.2 Å². The third kappa shape index (κ3) is 11.2. The van der Waals surface area contributed by atoms with Crippen molar-refractivity contribution in [2.24, 2.45) is 0 Å². The Bertz CT molecular complexity index is 1510. The topological polar surface area (TPSA) is 18.5 Å². The number of hydrogen-bond acceptors (Lipinski definition) is 2. The van der Waals surface area contributed by atoms with Crippen molar-refractivity contribution in [2.75, 3.05) is 0 Å². The monoisotopic (exact) mass is 628 g/mol. The van der Waals surface area contributed by atoms with Crippen LogP contribution in [0.3, 0.4) is 0 Å². The maximum absolute atomic E-state index is 12.6. The van der Waals surface area contributed by atoms with Crippen molar-refractivity contribution in [3.05, 3.63) is 107 Å². The molecule has 0 bridgehead atoms. The van der Waals surface area contributed by atoms with E-state index in [9.17, 15) is 26.3 Å². The van der Waals surface area contributed by atoms with Gasteiger partial charge in [0.25, 0.3) is 0 Å². The van der Waals surface area contributed by atoms with Crippen molar-refractivity contribution in [2.45, 2.75) is 84.4 Å². The molecule has 0 spiro atoms. The van der Waals surface area contributed by atoms with Gasteiger partial charge in [-0.2, -0.15) is 0 Å². The molecule has 0 saturated carbocycles. The summed E-state index contributed by atoms with van der Waals surface area (Å²) in [6, 6.07) is 25.1. The first-order valence-electron chi connectivity index (χ1n) is 15.3. The number of benzene rings is 4. The van der Waals surface area contributed by atoms with Crippen LogP contribution in [0.5, 0.6) is 11.5 Å². The lowest BCUT2D eigenvalue weighted by molar-refractivity contribution is -0.275. The highest BCUT2D eigenvalue weighted by molar-refractivity contribution is 5.69. The van der Waals surface area contributed by atoms with Gasteiger partial charge in [-0.1, -0.05) is 92.8 Å².